The number of aliphatic hydroxyl groups excluding tert-OH is 2. The van der Waals surface area contributed by atoms with Crippen molar-refractivity contribution in [1.29, 1.82) is 0 Å². The van der Waals surface area contributed by atoms with Crippen LogP contribution in [0.2, 0.25) is 0 Å². The maximum atomic E-state index is 9.00. The van der Waals surface area contributed by atoms with E-state index < -0.39 is 6.10 Å². The second-order valence-electron chi connectivity index (χ2n) is 3.45. The van der Waals surface area contributed by atoms with Gasteiger partial charge >= 0.3 is 0 Å². The molecule has 0 amide bonds. The second kappa shape index (κ2) is 7.90. The minimum atomic E-state index is -0.533. The van der Waals surface area contributed by atoms with Gasteiger partial charge in [0.15, 0.2) is 0 Å². The molecule has 0 aromatic rings. The number of hydrogen-bond donors (Lipinski definition) is 2. The van der Waals surface area contributed by atoms with Crippen LogP contribution in [0.25, 0.3) is 0 Å². The Labute approximate surface area is 79.4 Å². The van der Waals surface area contributed by atoms with Crippen molar-refractivity contribution in [2.45, 2.75) is 32.8 Å². The van der Waals surface area contributed by atoms with Crippen molar-refractivity contribution in [3.63, 3.8) is 0 Å². The highest BCUT2D eigenvalue weighted by Crippen LogP contribution is 2.10. The van der Waals surface area contributed by atoms with Crippen LogP contribution in [0.15, 0.2) is 0 Å². The molecule has 0 saturated carbocycles. The summed E-state index contributed by atoms with van der Waals surface area (Å²) in [4.78, 5) is 0. The van der Waals surface area contributed by atoms with Gasteiger partial charge < -0.3 is 10.2 Å². The molecule has 0 fully saturated rings. The molecule has 0 heterocycles. The molecule has 0 aliphatic heterocycles. The van der Waals surface area contributed by atoms with Crippen molar-refractivity contribution in [2.24, 2.45) is 5.92 Å². The Bertz CT molecular complexity index is 96.5. The van der Waals surface area contributed by atoms with E-state index in [-0.39, 0.29) is 6.61 Å². The monoisotopic (exact) mass is 192 g/mol. The van der Waals surface area contributed by atoms with E-state index in [2.05, 4.69) is 13.8 Å². The van der Waals surface area contributed by atoms with Crippen LogP contribution in [0.5, 0.6) is 0 Å². The summed E-state index contributed by atoms with van der Waals surface area (Å²) in [5.41, 5.74) is 0. The van der Waals surface area contributed by atoms with Crippen LogP contribution in [0.4, 0.5) is 0 Å². The van der Waals surface area contributed by atoms with E-state index in [4.69, 9.17) is 10.2 Å². The fourth-order valence-corrected chi connectivity index (χ4v) is 1.78. The Morgan fingerprint density at radius 2 is 2.00 bits per heavy atom. The molecule has 74 valence electrons. The first-order valence-electron chi connectivity index (χ1n) is 4.53. The molecule has 0 aromatic carbocycles. The van der Waals surface area contributed by atoms with Gasteiger partial charge in [0, 0.05) is 5.75 Å². The number of thioether (sulfide) groups is 1. The SMILES string of the molecule is CC(C)CCCSCC(O)CO. The molecule has 2 N–H and O–H groups in total. The Kier molecular flexibility index (Phi) is 8.07. The highest BCUT2D eigenvalue weighted by molar-refractivity contribution is 7.99. The van der Waals surface area contributed by atoms with Gasteiger partial charge in [-0.1, -0.05) is 20.3 Å². The van der Waals surface area contributed by atoms with Gasteiger partial charge in [-0.3, -0.25) is 0 Å². The molecule has 3 heteroatoms. The number of hydrogen-bond acceptors (Lipinski definition) is 3. The van der Waals surface area contributed by atoms with E-state index in [1.165, 1.54) is 12.8 Å². The molecule has 0 rings (SSSR count). The lowest BCUT2D eigenvalue weighted by Gasteiger charge is -2.07. The smallest absolute Gasteiger partial charge is 0.0861 e. The maximum absolute atomic E-state index is 9.00. The maximum Gasteiger partial charge on any atom is 0.0861 e. The molecule has 0 saturated heterocycles. The third-order valence-electron chi connectivity index (χ3n) is 1.59. The van der Waals surface area contributed by atoms with Crippen molar-refractivity contribution in [2.75, 3.05) is 18.1 Å². The van der Waals surface area contributed by atoms with Crippen molar-refractivity contribution < 1.29 is 10.2 Å². The Balaban J connectivity index is 3.00. The minimum absolute atomic E-state index is 0.114. The zero-order valence-corrected chi connectivity index (χ0v) is 8.81. The predicted molar refractivity (Wildman–Crippen MR) is 54.5 cm³/mol. The first-order chi connectivity index (χ1) is 5.66. The standard InChI is InChI=1S/C9H20O2S/c1-8(2)4-3-5-12-7-9(11)6-10/h8-11H,3-7H2,1-2H3. The highest BCUT2D eigenvalue weighted by atomic mass is 32.2. The molecule has 1 atom stereocenters. The molecule has 0 radical (unpaired) electrons. The third kappa shape index (κ3) is 8.37. The highest BCUT2D eigenvalue weighted by Gasteiger charge is 2.01. The lowest BCUT2D eigenvalue weighted by Crippen LogP contribution is -2.14. The Morgan fingerprint density at radius 1 is 1.33 bits per heavy atom. The molecule has 0 spiro atoms. The molecule has 0 aliphatic carbocycles. The minimum Gasteiger partial charge on any atom is -0.394 e. The van der Waals surface area contributed by atoms with Crippen LogP contribution in [-0.4, -0.2) is 34.4 Å². The van der Waals surface area contributed by atoms with Crippen LogP contribution in [0.3, 0.4) is 0 Å². The van der Waals surface area contributed by atoms with Gasteiger partial charge in [-0.05, 0) is 18.1 Å². The largest absolute Gasteiger partial charge is 0.394 e. The molecule has 0 aliphatic rings. The van der Waals surface area contributed by atoms with Crippen LogP contribution in [0, 0.1) is 5.92 Å². The molecular weight excluding hydrogens is 172 g/mol. The van der Waals surface area contributed by atoms with Crippen LogP contribution >= 0.6 is 11.8 Å². The first kappa shape index (κ1) is 12.3. The van der Waals surface area contributed by atoms with Crippen LogP contribution in [0.1, 0.15) is 26.7 Å². The summed E-state index contributed by atoms with van der Waals surface area (Å²) in [6.45, 7) is 4.32. The summed E-state index contributed by atoms with van der Waals surface area (Å²) < 4.78 is 0. The van der Waals surface area contributed by atoms with Crippen LogP contribution in [-0.2, 0) is 0 Å². The predicted octanol–water partition coefficient (Wildman–Crippen LogP) is 1.51. The van der Waals surface area contributed by atoms with Gasteiger partial charge in [0.25, 0.3) is 0 Å². The average Bonchev–Trinajstić information content (AvgIpc) is 2.03. The Hall–Kier alpha value is 0.270. The summed E-state index contributed by atoms with van der Waals surface area (Å²) in [6, 6.07) is 0. The molecule has 12 heavy (non-hydrogen) atoms. The van der Waals surface area contributed by atoms with Gasteiger partial charge in [0.2, 0.25) is 0 Å². The summed E-state index contributed by atoms with van der Waals surface area (Å²) in [5, 5.41) is 17.5. The molecule has 0 bridgehead atoms. The fraction of sp³-hybridized carbons (Fsp3) is 1.00. The van der Waals surface area contributed by atoms with Crippen molar-refractivity contribution >= 4 is 11.8 Å². The van der Waals surface area contributed by atoms with E-state index in [9.17, 15) is 0 Å². The first-order valence-corrected chi connectivity index (χ1v) is 5.69. The fourth-order valence-electron chi connectivity index (χ4n) is 0.866. The molecule has 0 aromatic heterocycles. The zero-order chi connectivity index (χ0) is 9.40. The summed E-state index contributed by atoms with van der Waals surface area (Å²) in [5.74, 6) is 2.53. The normalized spacial score (nSPS) is 13.8. The van der Waals surface area contributed by atoms with Gasteiger partial charge in [0.1, 0.15) is 0 Å². The molecule has 1 unspecified atom stereocenters. The van der Waals surface area contributed by atoms with E-state index in [1.807, 2.05) is 0 Å². The van der Waals surface area contributed by atoms with Crippen molar-refractivity contribution in [1.82, 2.24) is 0 Å². The summed E-state index contributed by atoms with van der Waals surface area (Å²) >= 11 is 1.72. The van der Waals surface area contributed by atoms with E-state index in [0.29, 0.717) is 5.75 Å². The average molecular weight is 192 g/mol. The third-order valence-corrected chi connectivity index (χ3v) is 2.79. The number of rotatable bonds is 7. The lowest BCUT2D eigenvalue weighted by atomic mass is 10.1. The van der Waals surface area contributed by atoms with Gasteiger partial charge in [0.05, 0.1) is 12.7 Å². The molecular formula is C9H20O2S. The van der Waals surface area contributed by atoms with E-state index in [1.54, 1.807) is 11.8 Å². The van der Waals surface area contributed by atoms with Gasteiger partial charge in [-0.2, -0.15) is 11.8 Å². The lowest BCUT2D eigenvalue weighted by molar-refractivity contribution is 0.113. The quantitative estimate of drug-likeness (QED) is 0.601. The number of aliphatic hydroxyl groups is 2. The van der Waals surface area contributed by atoms with Crippen molar-refractivity contribution in [3.05, 3.63) is 0 Å². The summed E-state index contributed by atoms with van der Waals surface area (Å²) in [6.07, 6.45) is 1.93. The van der Waals surface area contributed by atoms with Crippen molar-refractivity contribution in [3.8, 4) is 0 Å². The van der Waals surface area contributed by atoms with Crippen LogP contribution < -0.4 is 0 Å². The van der Waals surface area contributed by atoms with Gasteiger partial charge in [-0.25, -0.2) is 0 Å². The second-order valence-corrected chi connectivity index (χ2v) is 4.60. The van der Waals surface area contributed by atoms with Gasteiger partial charge in [-0.15, -0.1) is 0 Å². The summed E-state index contributed by atoms with van der Waals surface area (Å²) in [7, 11) is 0. The van der Waals surface area contributed by atoms with E-state index in [0.717, 1.165) is 11.7 Å². The topological polar surface area (TPSA) is 40.5 Å². The molecule has 2 nitrogen and oxygen atoms in total. The zero-order valence-electron chi connectivity index (χ0n) is 7.99. The van der Waals surface area contributed by atoms with E-state index >= 15 is 0 Å². The Morgan fingerprint density at radius 3 is 2.50 bits per heavy atom.